The second kappa shape index (κ2) is 5.86. The molecule has 3 nitrogen and oxygen atoms in total. The summed E-state index contributed by atoms with van der Waals surface area (Å²) < 4.78 is 5.61. The van der Waals surface area contributed by atoms with Gasteiger partial charge in [-0.15, -0.1) is 0 Å². The lowest BCUT2D eigenvalue weighted by Gasteiger charge is -2.23. The van der Waals surface area contributed by atoms with Crippen molar-refractivity contribution in [2.24, 2.45) is 0 Å². The van der Waals surface area contributed by atoms with Crippen LogP contribution in [0.15, 0.2) is 48.8 Å². The molecule has 0 saturated heterocycles. The molecule has 3 heteroatoms. The van der Waals surface area contributed by atoms with Crippen LogP contribution in [0.5, 0.6) is 5.75 Å². The van der Waals surface area contributed by atoms with Gasteiger partial charge in [0.1, 0.15) is 5.75 Å². The SMILES string of the molecule is CCCOc1cncc(C(O)C2(c3ccccc3)CC2)c1. The molecule has 3 rings (SSSR count). The first-order chi connectivity index (χ1) is 10.3. The highest BCUT2D eigenvalue weighted by atomic mass is 16.5. The van der Waals surface area contributed by atoms with Crippen molar-refractivity contribution in [3.05, 3.63) is 59.9 Å². The molecule has 110 valence electrons. The quantitative estimate of drug-likeness (QED) is 0.880. The summed E-state index contributed by atoms with van der Waals surface area (Å²) in [6.45, 7) is 2.74. The van der Waals surface area contributed by atoms with Crippen LogP contribution in [0, 0.1) is 0 Å². The van der Waals surface area contributed by atoms with Gasteiger partial charge in [-0.1, -0.05) is 37.3 Å². The summed E-state index contributed by atoms with van der Waals surface area (Å²) in [7, 11) is 0. The Morgan fingerprint density at radius 1 is 1.24 bits per heavy atom. The first-order valence-corrected chi connectivity index (χ1v) is 7.57. The maximum absolute atomic E-state index is 10.8. The smallest absolute Gasteiger partial charge is 0.137 e. The Morgan fingerprint density at radius 3 is 2.67 bits per heavy atom. The van der Waals surface area contributed by atoms with Crippen LogP contribution in [0.1, 0.15) is 43.4 Å². The zero-order valence-electron chi connectivity index (χ0n) is 12.3. The molecule has 1 N–H and O–H groups in total. The summed E-state index contributed by atoms with van der Waals surface area (Å²) in [5.74, 6) is 0.734. The molecule has 0 spiro atoms. The van der Waals surface area contributed by atoms with Gasteiger partial charge in [0.05, 0.1) is 18.9 Å². The number of rotatable bonds is 6. The van der Waals surface area contributed by atoms with Gasteiger partial charge in [-0.05, 0) is 30.9 Å². The molecule has 1 fully saturated rings. The molecule has 0 bridgehead atoms. The van der Waals surface area contributed by atoms with Crippen LogP contribution in [0.25, 0.3) is 0 Å². The van der Waals surface area contributed by atoms with Gasteiger partial charge in [-0.2, -0.15) is 0 Å². The van der Waals surface area contributed by atoms with Crippen molar-refractivity contribution in [3.63, 3.8) is 0 Å². The van der Waals surface area contributed by atoms with Gasteiger partial charge in [0.15, 0.2) is 0 Å². The van der Waals surface area contributed by atoms with Gasteiger partial charge in [-0.25, -0.2) is 0 Å². The normalized spacial score (nSPS) is 17.2. The van der Waals surface area contributed by atoms with E-state index in [1.807, 2.05) is 24.3 Å². The van der Waals surface area contributed by atoms with Gasteiger partial charge < -0.3 is 9.84 Å². The summed E-state index contributed by atoms with van der Waals surface area (Å²) in [6, 6.07) is 12.2. The molecular formula is C18H21NO2. The van der Waals surface area contributed by atoms with Crippen molar-refractivity contribution in [3.8, 4) is 5.75 Å². The summed E-state index contributed by atoms with van der Waals surface area (Å²) in [5, 5.41) is 10.8. The number of nitrogens with zero attached hydrogens (tertiary/aromatic N) is 1. The number of hydrogen-bond donors (Lipinski definition) is 1. The predicted octanol–water partition coefficient (Wildman–Crippen LogP) is 3.64. The third-order valence-electron chi connectivity index (χ3n) is 4.18. The van der Waals surface area contributed by atoms with Crippen LogP contribution >= 0.6 is 0 Å². The van der Waals surface area contributed by atoms with E-state index in [1.165, 1.54) is 5.56 Å². The molecule has 1 unspecified atom stereocenters. The summed E-state index contributed by atoms with van der Waals surface area (Å²) in [5.41, 5.74) is 1.90. The fraction of sp³-hybridized carbons (Fsp3) is 0.389. The Morgan fingerprint density at radius 2 is 2.00 bits per heavy atom. The molecule has 2 aromatic rings. The van der Waals surface area contributed by atoms with Gasteiger partial charge in [0, 0.05) is 17.2 Å². The van der Waals surface area contributed by atoms with E-state index in [0.29, 0.717) is 6.61 Å². The summed E-state index contributed by atoms with van der Waals surface area (Å²) in [6.07, 6.45) is 5.90. The van der Waals surface area contributed by atoms with Crippen molar-refractivity contribution < 1.29 is 9.84 Å². The molecule has 1 aliphatic carbocycles. The van der Waals surface area contributed by atoms with Crippen molar-refractivity contribution in [1.82, 2.24) is 4.98 Å². The molecule has 1 heterocycles. The number of hydrogen-bond acceptors (Lipinski definition) is 3. The number of aliphatic hydroxyl groups is 1. The van der Waals surface area contributed by atoms with E-state index in [2.05, 4.69) is 24.0 Å². The molecule has 0 radical (unpaired) electrons. The number of aliphatic hydroxyl groups excluding tert-OH is 1. The van der Waals surface area contributed by atoms with Crippen molar-refractivity contribution in [1.29, 1.82) is 0 Å². The fourth-order valence-electron chi connectivity index (χ4n) is 2.83. The Hall–Kier alpha value is -1.87. The van der Waals surface area contributed by atoms with Gasteiger partial charge in [-0.3, -0.25) is 4.98 Å². The Bertz CT molecular complexity index is 593. The highest BCUT2D eigenvalue weighted by Crippen LogP contribution is 2.56. The standard InChI is InChI=1S/C18H21NO2/c1-2-10-21-16-11-14(12-19-13-16)17(20)18(8-9-18)15-6-4-3-5-7-15/h3-7,11-13,17,20H,2,8-10H2,1H3. The van der Waals surface area contributed by atoms with E-state index in [1.54, 1.807) is 12.4 Å². The maximum Gasteiger partial charge on any atom is 0.137 e. The minimum atomic E-state index is -0.530. The van der Waals surface area contributed by atoms with E-state index in [4.69, 9.17) is 4.74 Å². The highest BCUT2D eigenvalue weighted by molar-refractivity contribution is 5.38. The van der Waals surface area contributed by atoms with E-state index in [9.17, 15) is 5.11 Å². The van der Waals surface area contributed by atoms with E-state index < -0.39 is 6.10 Å². The first-order valence-electron chi connectivity index (χ1n) is 7.57. The third kappa shape index (κ3) is 2.79. The zero-order chi connectivity index (χ0) is 14.7. The molecular weight excluding hydrogens is 262 g/mol. The van der Waals surface area contributed by atoms with Crippen LogP contribution in [0.2, 0.25) is 0 Å². The molecule has 0 amide bonds. The van der Waals surface area contributed by atoms with Crippen LogP contribution < -0.4 is 4.74 Å². The second-order valence-corrected chi connectivity index (χ2v) is 5.73. The van der Waals surface area contributed by atoms with E-state index in [0.717, 1.165) is 30.6 Å². The first kappa shape index (κ1) is 14.1. The average Bonchev–Trinajstić information content (AvgIpc) is 3.35. The lowest BCUT2D eigenvalue weighted by Crippen LogP contribution is -2.18. The van der Waals surface area contributed by atoms with Crippen LogP contribution in [-0.2, 0) is 5.41 Å². The number of benzene rings is 1. The Kier molecular flexibility index (Phi) is 3.93. The largest absolute Gasteiger partial charge is 0.492 e. The number of pyridine rings is 1. The summed E-state index contributed by atoms with van der Waals surface area (Å²) in [4.78, 5) is 4.21. The topological polar surface area (TPSA) is 42.4 Å². The van der Waals surface area contributed by atoms with Crippen LogP contribution in [0.4, 0.5) is 0 Å². The number of ether oxygens (including phenoxy) is 1. The monoisotopic (exact) mass is 283 g/mol. The molecule has 1 saturated carbocycles. The molecule has 1 aromatic heterocycles. The highest BCUT2D eigenvalue weighted by Gasteiger charge is 2.50. The Labute approximate surface area is 125 Å². The van der Waals surface area contributed by atoms with Crippen molar-refractivity contribution in [2.75, 3.05) is 6.61 Å². The Balaban J connectivity index is 1.84. The minimum absolute atomic E-state index is 0.147. The lowest BCUT2D eigenvalue weighted by atomic mass is 9.86. The van der Waals surface area contributed by atoms with E-state index in [-0.39, 0.29) is 5.41 Å². The molecule has 0 aliphatic heterocycles. The van der Waals surface area contributed by atoms with E-state index >= 15 is 0 Å². The van der Waals surface area contributed by atoms with Crippen molar-refractivity contribution in [2.45, 2.75) is 37.7 Å². The van der Waals surface area contributed by atoms with Crippen LogP contribution in [0.3, 0.4) is 0 Å². The molecule has 1 aliphatic rings. The lowest BCUT2D eigenvalue weighted by molar-refractivity contribution is 0.132. The maximum atomic E-state index is 10.8. The molecule has 1 aromatic carbocycles. The fourth-order valence-corrected chi connectivity index (χ4v) is 2.83. The summed E-state index contributed by atoms with van der Waals surface area (Å²) >= 11 is 0. The third-order valence-corrected chi connectivity index (χ3v) is 4.18. The van der Waals surface area contributed by atoms with Gasteiger partial charge in [0.2, 0.25) is 0 Å². The predicted molar refractivity (Wildman–Crippen MR) is 82.3 cm³/mol. The average molecular weight is 283 g/mol. The van der Waals surface area contributed by atoms with Gasteiger partial charge >= 0.3 is 0 Å². The second-order valence-electron chi connectivity index (χ2n) is 5.73. The zero-order valence-corrected chi connectivity index (χ0v) is 12.3. The van der Waals surface area contributed by atoms with Crippen molar-refractivity contribution >= 4 is 0 Å². The molecule has 21 heavy (non-hydrogen) atoms. The van der Waals surface area contributed by atoms with Gasteiger partial charge in [0.25, 0.3) is 0 Å². The number of aromatic nitrogens is 1. The minimum Gasteiger partial charge on any atom is -0.492 e. The molecule has 1 atom stereocenters. The van der Waals surface area contributed by atoms with Crippen LogP contribution in [-0.4, -0.2) is 16.7 Å².